The highest BCUT2D eigenvalue weighted by atomic mass is 79.9. The highest BCUT2D eigenvalue weighted by molar-refractivity contribution is 9.10. The van der Waals surface area contributed by atoms with Crippen LogP contribution in [0.5, 0.6) is 23.0 Å². The molecule has 0 aliphatic rings. The lowest BCUT2D eigenvalue weighted by Crippen LogP contribution is -2.24. The molecule has 0 aliphatic carbocycles. The van der Waals surface area contributed by atoms with Crippen LogP contribution in [0.25, 0.3) is 0 Å². The van der Waals surface area contributed by atoms with Crippen molar-refractivity contribution in [2.75, 3.05) is 20.8 Å². The van der Waals surface area contributed by atoms with Gasteiger partial charge >= 0.3 is 5.97 Å². The van der Waals surface area contributed by atoms with Gasteiger partial charge in [-0.1, -0.05) is 34.1 Å². The first-order valence-corrected chi connectivity index (χ1v) is 10.5. The van der Waals surface area contributed by atoms with Crippen LogP contribution in [-0.2, 0) is 4.79 Å². The van der Waals surface area contributed by atoms with Crippen LogP contribution in [0.4, 0.5) is 0 Å². The van der Waals surface area contributed by atoms with E-state index in [1.54, 1.807) is 60.7 Å². The number of nitrogens with zero attached hydrogens (tertiary/aromatic N) is 1. The maximum Gasteiger partial charge on any atom is 0.343 e. The molecule has 0 aromatic heterocycles. The molecule has 0 fully saturated rings. The van der Waals surface area contributed by atoms with Crippen LogP contribution in [0.3, 0.4) is 0 Å². The van der Waals surface area contributed by atoms with Crippen molar-refractivity contribution in [1.29, 1.82) is 0 Å². The predicted molar refractivity (Wildman–Crippen MR) is 126 cm³/mol. The molecular formula is C24H21BrN2O6. The van der Waals surface area contributed by atoms with Crippen molar-refractivity contribution >= 4 is 34.0 Å². The number of carbonyl (C=O) groups is 2. The second-order valence-electron chi connectivity index (χ2n) is 6.54. The Morgan fingerprint density at radius 1 is 0.909 bits per heavy atom. The molecule has 0 unspecified atom stereocenters. The maximum atomic E-state index is 12.4. The zero-order valence-corrected chi connectivity index (χ0v) is 19.5. The monoisotopic (exact) mass is 512 g/mol. The van der Waals surface area contributed by atoms with Crippen molar-refractivity contribution in [3.63, 3.8) is 0 Å². The number of ether oxygens (including phenoxy) is 4. The number of carbonyl (C=O) groups excluding carboxylic acids is 2. The largest absolute Gasteiger partial charge is 0.493 e. The summed E-state index contributed by atoms with van der Waals surface area (Å²) < 4.78 is 22.1. The molecule has 3 aromatic carbocycles. The molecule has 0 aliphatic heterocycles. The van der Waals surface area contributed by atoms with Crippen LogP contribution in [0.15, 0.2) is 76.3 Å². The number of methoxy groups -OCH3 is 2. The number of esters is 1. The SMILES string of the molecule is COc1ccccc1OCC(=O)N/N=C/c1ccc(OC(=O)c2cccc(Br)c2)c(OC)c1. The average Bonchev–Trinajstić information content (AvgIpc) is 2.83. The normalized spacial score (nSPS) is 10.5. The van der Waals surface area contributed by atoms with Crippen molar-refractivity contribution < 1.29 is 28.5 Å². The topological polar surface area (TPSA) is 95.5 Å². The van der Waals surface area contributed by atoms with E-state index in [0.29, 0.717) is 28.4 Å². The van der Waals surface area contributed by atoms with E-state index in [-0.39, 0.29) is 12.4 Å². The lowest BCUT2D eigenvalue weighted by atomic mass is 10.2. The van der Waals surface area contributed by atoms with Crippen molar-refractivity contribution in [2.24, 2.45) is 5.10 Å². The quantitative estimate of drug-likeness (QED) is 0.199. The number of benzene rings is 3. The van der Waals surface area contributed by atoms with Gasteiger partial charge in [-0.25, -0.2) is 10.2 Å². The van der Waals surface area contributed by atoms with Gasteiger partial charge in [0.05, 0.1) is 26.0 Å². The summed E-state index contributed by atoms with van der Waals surface area (Å²) in [5, 5.41) is 3.92. The Morgan fingerprint density at radius 3 is 2.39 bits per heavy atom. The van der Waals surface area contributed by atoms with Crippen LogP contribution >= 0.6 is 15.9 Å². The molecule has 3 rings (SSSR count). The first-order chi connectivity index (χ1) is 16.0. The third-order valence-corrected chi connectivity index (χ3v) is 4.77. The summed E-state index contributed by atoms with van der Waals surface area (Å²) in [4.78, 5) is 24.4. The zero-order valence-electron chi connectivity index (χ0n) is 17.9. The van der Waals surface area contributed by atoms with E-state index in [0.717, 1.165) is 4.47 Å². The van der Waals surface area contributed by atoms with Gasteiger partial charge in [0.15, 0.2) is 29.6 Å². The first kappa shape index (κ1) is 23.8. The van der Waals surface area contributed by atoms with Crippen LogP contribution in [-0.4, -0.2) is 38.9 Å². The molecule has 33 heavy (non-hydrogen) atoms. The van der Waals surface area contributed by atoms with Gasteiger partial charge in [-0.05, 0) is 54.1 Å². The molecule has 1 N–H and O–H groups in total. The van der Waals surface area contributed by atoms with E-state index in [4.69, 9.17) is 18.9 Å². The van der Waals surface area contributed by atoms with E-state index in [1.165, 1.54) is 20.4 Å². The average molecular weight is 513 g/mol. The van der Waals surface area contributed by atoms with Gasteiger partial charge in [0.2, 0.25) is 0 Å². The van der Waals surface area contributed by atoms with Crippen molar-refractivity contribution in [3.05, 3.63) is 82.3 Å². The van der Waals surface area contributed by atoms with E-state index >= 15 is 0 Å². The molecule has 3 aromatic rings. The Hall–Kier alpha value is -3.85. The molecule has 8 nitrogen and oxygen atoms in total. The Bertz CT molecular complexity index is 1170. The van der Waals surface area contributed by atoms with Gasteiger partial charge in [-0.2, -0.15) is 5.10 Å². The highest BCUT2D eigenvalue weighted by Gasteiger charge is 2.13. The number of amides is 1. The Balaban J connectivity index is 1.57. The number of hydrogen-bond donors (Lipinski definition) is 1. The fourth-order valence-corrected chi connectivity index (χ4v) is 3.11. The summed E-state index contributed by atoms with van der Waals surface area (Å²) in [6.45, 7) is -0.231. The fourth-order valence-electron chi connectivity index (χ4n) is 2.72. The number of para-hydroxylation sites is 2. The molecule has 0 heterocycles. The number of hydrogen-bond acceptors (Lipinski definition) is 7. The highest BCUT2D eigenvalue weighted by Crippen LogP contribution is 2.29. The smallest absolute Gasteiger partial charge is 0.343 e. The van der Waals surface area contributed by atoms with Gasteiger partial charge < -0.3 is 18.9 Å². The van der Waals surface area contributed by atoms with Crippen LogP contribution in [0.2, 0.25) is 0 Å². The van der Waals surface area contributed by atoms with Crippen molar-refractivity contribution in [3.8, 4) is 23.0 Å². The van der Waals surface area contributed by atoms with Crippen molar-refractivity contribution in [2.45, 2.75) is 0 Å². The van der Waals surface area contributed by atoms with E-state index in [1.807, 2.05) is 6.07 Å². The van der Waals surface area contributed by atoms with Crippen molar-refractivity contribution in [1.82, 2.24) is 5.43 Å². The fraction of sp³-hybridized carbons (Fsp3) is 0.125. The second-order valence-corrected chi connectivity index (χ2v) is 7.46. The maximum absolute atomic E-state index is 12.4. The molecule has 9 heteroatoms. The summed E-state index contributed by atoms with van der Waals surface area (Å²) in [5.74, 6) is 0.627. The minimum absolute atomic E-state index is 0.231. The lowest BCUT2D eigenvalue weighted by Gasteiger charge is -2.10. The number of nitrogens with one attached hydrogen (secondary N) is 1. The molecule has 1 amide bonds. The van der Waals surface area contributed by atoms with Crippen LogP contribution in [0, 0.1) is 0 Å². The third kappa shape index (κ3) is 6.81. The predicted octanol–water partition coefficient (Wildman–Crippen LogP) is 4.21. The Labute approximate surface area is 199 Å². The molecule has 170 valence electrons. The molecule has 0 radical (unpaired) electrons. The van der Waals surface area contributed by atoms with E-state index < -0.39 is 11.9 Å². The van der Waals surface area contributed by atoms with Crippen LogP contribution in [0.1, 0.15) is 15.9 Å². The number of hydrazone groups is 1. The van der Waals surface area contributed by atoms with E-state index in [2.05, 4.69) is 26.5 Å². The van der Waals surface area contributed by atoms with E-state index in [9.17, 15) is 9.59 Å². The second kappa shape index (κ2) is 11.7. The minimum atomic E-state index is -0.515. The lowest BCUT2D eigenvalue weighted by molar-refractivity contribution is -0.123. The summed E-state index contributed by atoms with van der Waals surface area (Å²) >= 11 is 3.33. The van der Waals surface area contributed by atoms with Gasteiger partial charge in [-0.15, -0.1) is 0 Å². The van der Waals surface area contributed by atoms with Gasteiger partial charge in [-0.3, -0.25) is 4.79 Å². The molecule has 0 saturated carbocycles. The van der Waals surface area contributed by atoms with Gasteiger partial charge in [0.25, 0.3) is 5.91 Å². The number of halogens is 1. The summed E-state index contributed by atoms with van der Waals surface area (Å²) in [6, 6.07) is 18.8. The summed E-state index contributed by atoms with van der Waals surface area (Å²) in [6.07, 6.45) is 1.43. The van der Waals surface area contributed by atoms with Crippen LogP contribution < -0.4 is 24.4 Å². The molecule has 0 atom stereocenters. The summed E-state index contributed by atoms with van der Waals surface area (Å²) in [7, 11) is 2.98. The Morgan fingerprint density at radius 2 is 1.67 bits per heavy atom. The molecule has 0 bridgehead atoms. The number of rotatable bonds is 9. The molecular weight excluding hydrogens is 492 g/mol. The zero-order chi connectivity index (χ0) is 23.6. The standard InChI is InChI=1S/C24H21BrN2O6/c1-30-19-8-3-4-9-20(19)32-15-23(28)27-26-14-16-10-11-21(22(12-16)31-2)33-24(29)17-6-5-7-18(25)13-17/h3-14H,15H2,1-2H3,(H,27,28)/b26-14+. The third-order valence-electron chi connectivity index (χ3n) is 4.28. The molecule has 0 spiro atoms. The van der Waals surface area contributed by atoms with Gasteiger partial charge in [0, 0.05) is 4.47 Å². The Kier molecular flexibility index (Phi) is 8.43. The summed E-state index contributed by atoms with van der Waals surface area (Å²) in [5.41, 5.74) is 3.41. The van der Waals surface area contributed by atoms with Gasteiger partial charge in [0.1, 0.15) is 0 Å². The molecule has 0 saturated heterocycles. The first-order valence-electron chi connectivity index (χ1n) is 9.73. The minimum Gasteiger partial charge on any atom is -0.493 e.